The summed E-state index contributed by atoms with van der Waals surface area (Å²) >= 11 is 0. The third-order valence-electron chi connectivity index (χ3n) is 2.62. The molecule has 88 valence electrons. The van der Waals surface area contributed by atoms with Crippen molar-refractivity contribution in [3.63, 3.8) is 0 Å². The molecular formula is C9H14F3NO2. The van der Waals surface area contributed by atoms with Crippen molar-refractivity contribution in [1.82, 2.24) is 5.32 Å². The Morgan fingerprint density at radius 2 is 2.13 bits per heavy atom. The van der Waals surface area contributed by atoms with Crippen molar-refractivity contribution in [2.45, 2.75) is 31.5 Å². The van der Waals surface area contributed by atoms with Crippen LogP contribution >= 0.6 is 0 Å². The average molecular weight is 225 g/mol. The van der Waals surface area contributed by atoms with Crippen LogP contribution in [0.2, 0.25) is 0 Å². The van der Waals surface area contributed by atoms with E-state index in [2.05, 4.69) is 10.1 Å². The van der Waals surface area contributed by atoms with Gasteiger partial charge in [0.1, 0.15) is 6.04 Å². The molecule has 2 atom stereocenters. The van der Waals surface area contributed by atoms with E-state index >= 15 is 0 Å². The summed E-state index contributed by atoms with van der Waals surface area (Å²) in [6.45, 7) is 0.980. The Kier molecular flexibility index (Phi) is 4.38. The quantitative estimate of drug-likeness (QED) is 0.581. The maximum atomic E-state index is 12.2. The van der Waals surface area contributed by atoms with Gasteiger partial charge in [0, 0.05) is 0 Å². The smallest absolute Gasteiger partial charge is 0.403 e. The van der Waals surface area contributed by atoms with Crippen LogP contribution in [0.3, 0.4) is 0 Å². The summed E-state index contributed by atoms with van der Waals surface area (Å²) in [5.74, 6) is 0.170. The maximum absolute atomic E-state index is 12.2. The molecule has 0 aliphatic carbocycles. The van der Waals surface area contributed by atoms with Gasteiger partial charge in [-0.1, -0.05) is 0 Å². The Labute approximate surface area is 86.0 Å². The van der Waals surface area contributed by atoms with Crippen molar-refractivity contribution in [1.29, 1.82) is 0 Å². The number of carbonyl (C=O) groups excluding carboxylic acids is 1. The molecule has 2 unspecified atom stereocenters. The van der Waals surface area contributed by atoms with Crippen molar-refractivity contribution in [2.75, 3.05) is 13.2 Å². The molecule has 0 bridgehead atoms. The van der Waals surface area contributed by atoms with E-state index in [0.717, 1.165) is 0 Å². The van der Waals surface area contributed by atoms with Crippen molar-refractivity contribution < 1.29 is 22.7 Å². The number of alkyl halides is 3. The molecule has 0 amide bonds. The first-order chi connectivity index (χ1) is 7.04. The summed E-state index contributed by atoms with van der Waals surface area (Å²) in [6, 6.07) is -1.37. The van der Waals surface area contributed by atoms with Crippen LogP contribution in [-0.2, 0) is 9.53 Å². The highest BCUT2D eigenvalue weighted by atomic mass is 19.4. The van der Waals surface area contributed by atoms with Crippen LogP contribution in [-0.4, -0.2) is 31.8 Å². The lowest BCUT2D eigenvalue weighted by atomic mass is 9.92. The highest BCUT2D eigenvalue weighted by molar-refractivity contribution is 5.36. The molecule has 0 aromatic carbocycles. The summed E-state index contributed by atoms with van der Waals surface area (Å²) < 4.78 is 41.2. The average Bonchev–Trinajstić information content (AvgIpc) is 2.18. The second kappa shape index (κ2) is 5.34. The van der Waals surface area contributed by atoms with Gasteiger partial charge in [-0.05, 0) is 31.7 Å². The van der Waals surface area contributed by atoms with Crippen LogP contribution in [0.15, 0.2) is 0 Å². The number of nitrogens with one attached hydrogen (secondary N) is 1. The first-order valence-electron chi connectivity index (χ1n) is 4.89. The lowest BCUT2D eigenvalue weighted by molar-refractivity contribution is -0.162. The molecule has 1 saturated heterocycles. The van der Waals surface area contributed by atoms with Crippen molar-refractivity contribution in [3.05, 3.63) is 0 Å². The van der Waals surface area contributed by atoms with Gasteiger partial charge in [0.25, 0.3) is 6.47 Å². The first kappa shape index (κ1) is 12.3. The van der Waals surface area contributed by atoms with Gasteiger partial charge in [-0.2, -0.15) is 13.2 Å². The van der Waals surface area contributed by atoms with Crippen LogP contribution < -0.4 is 5.32 Å². The molecule has 1 rings (SSSR count). The standard InChI is InChI=1S/C9H14F3NO2/c10-9(11,12)8-2-1-7(5-13-8)3-4-15-6-14/h6-8,13H,1-5H2. The first-order valence-corrected chi connectivity index (χ1v) is 4.89. The number of piperidine rings is 1. The van der Waals surface area contributed by atoms with Crippen LogP contribution in [0.5, 0.6) is 0 Å². The molecule has 1 aliphatic heterocycles. The highest BCUT2D eigenvalue weighted by Crippen LogP contribution is 2.28. The molecular weight excluding hydrogens is 211 g/mol. The van der Waals surface area contributed by atoms with Crippen LogP contribution in [0.4, 0.5) is 13.2 Å². The summed E-state index contributed by atoms with van der Waals surface area (Å²) in [7, 11) is 0. The molecule has 0 saturated carbocycles. The fourth-order valence-electron chi connectivity index (χ4n) is 1.72. The largest absolute Gasteiger partial charge is 0.468 e. The van der Waals surface area contributed by atoms with E-state index in [1.54, 1.807) is 0 Å². The second-order valence-electron chi connectivity index (χ2n) is 3.70. The third kappa shape index (κ3) is 4.07. The minimum Gasteiger partial charge on any atom is -0.468 e. The lowest BCUT2D eigenvalue weighted by Gasteiger charge is -2.30. The summed E-state index contributed by atoms with van der Waals surface area (Å²) in [5, 5.41) is 2.47. The minimum absolute atomic E-state index is 0.106. The Morgan fingerprint density at radius 1 is 1.40 bits per heavy atom. The Bertz CT molecular complexity index is 200. The Balaban J connectivity index is 2.21. The molecule has 15 heavy (non-hydrogen) atoms. The van der Waals surface area contributed by atoms with Gasteiger partial charge in [-0.15, -0.1) is 0 Å². The van der Waals surface area contributed by atoms with Gasteiger partial charge in [-0.3, -0.25) is 4.79 Å². The molecule has 0 radical (unpaired) electrons. The number of halogens is 3. The van der Waals surface area contributed by atoms with Gasteiger partial charge < -0.3 is 10.1 Å². The van der Waals surface area contributed by atoms with Gasteiger partial charge in [0.15, 0.2) is 0 Å². The molecule has 1 fully saturated rings. The van der Waals surface area contributed by atoms with E-state index in [9.17, 15) is 18.0 Å². The van der Waals surface area contributed by atoms with E-state index in [0.29, 0.717) is 25.9 Å². The zero-order valence-corrected chi connectivity index (χ0v) is 8.22. The number of hydrogen-bond acceptors (Lipinski definition) is 3. The minimum atomic E-state index is -4.15. The lowest BCUT2D eigenvalue weighted by Crippen LogP contribution is -2.48. The molecule has 1 N–H and O–H groups in total. The predicted molar refractivity (Wildman–Crippen MR) is 47.2 cm³/mol. The normalized spacial score (nSPS) is 27.4. The van der Waals surface area contributed by atoms with E-state index in [1.807, 2.05) is 0 Å². The number of carbonyl (C=O) groups is 1. The Morgan fingerprint density at radius 3 is 2.60 bits per heavy atom. The van der Waals surface area contributed by atoms with Crippen LogP contribution in [0.1, 0.15) is 19.3 Å². The highest BCUT2D eigenvalue weighted by Gasteiger charge is 2.41. The second-order valence-corrected chi connectivity index (χ2v) is 3.70. The summed E-state index contributed by atoms with van der Waals surface area (Å²) in [6.07, 6.45) is -2.89. The van der Waals surface area contributed by atoms with Gasteiger partial charge in [0.05, 0.1) is 6.61 Å². The zero-order chi connectivity index (χ0) is 11.3. The number of ether oxygens (including phenoxy) is 1. The Hall–Kier alpha value is -0.780. The summed E-state index contributed by atoms with van der Waals surface area (Å²) in [5.41, 5.74) is 0. The molecule has 6 heteroatoms. The fourth-order valence-corrected chi connectivity index (χ4v) is 1.72. The van der Waals surface area contributed by atoms with E-state index in [4.69, 9.17) is 0 Å². The molecule has 0 aromatic heterocycles. The van der Waals surface area contributed by atoms with Gasteiger partial charge in [0.2, 0.25) is 0 Å². The third-order valence-corrected chi connectivity index (χ3v) is 2.62. The van der Waals surface area contributed by atoms with Gasteiger partial charge >= 0.3 is 6.18 Å². The number of hydrogen-bond donors (Lipinski definition) is 1. The molecule has 1 aliphatic rings. The molecule has 0 aromatic rings. The van der Waals surface area contributed by atoms with E-state index in [1.165, 1.54) is 0 Å². The van der Waals surface area contributed by atoms with Crippen LogP contribution in [0.25, 0.3) is 0 Å². The van der Waals surface area contributed by atoms with E-state index < -0.39 is 12.2 Å². The number of rotatable bonds is 4. The summed E-state index contributed by atoms with van der Waals surface area (Å²) in [4.78, 5) is 9.84. The van der Waals surface area contributed by atoms with Crippen molar-refractivity contribution >= 4 is 6.47 Å². The molecule has 1 heterocycles. The SMILES string of the molecule is O=COCCC1CCC(C(F)(F)F)NC1. The molecule has 3 nitrogen and oxygen atoms in total. The van der Waals surface area contributed by atoms with Gasteiger partial charge in [-0.25, -0.2) is 0 Å². The van der Waals surface area contributed by atoms with E-state index in [-0.39, 0.29) is 18.9 Å². The van der Waals surface area contributed by atoms with Crippen LogP contribution in [0, 0.1) is 5.92 Å². The zero-order valence-electron chi connectivity index (χ0n) is 8.22. The van der Waals surface area contributed by atoms with Crippen molar-refractivity contribution in [2.24, 2.45) is 5.92 Å². The molecule has 0 spiro atoms. The van der Waals surface area contributed by atoms with Crippen molar-refractivity contribution in [3.8, 4) is 0 Å². The monoisotopic (exact) mass is 225 g/mol. The topological polar surface area (TPSA) is 38.3 Å². The maximum Gasteiger partial charge on any atom is 0.403 e. The fraction of sp³-hybridized carbons (Fsp3) is 0.889. The predicted octanol–water partition coefficient (Wildman–Crippen LogP) is 1.48.